The van der Waals surface area contributed by atoms with Gasteiger partial charge in [0.05, 0.1) is 26.2 Å². The summed E-state index contributed by atoms with van der Waals surface area (Å²) in [7, 11) is 0. The van der Waals surface area contributed by atoms with Crippen LogP contribution in [0, 0.1) is 6.92 Å². The number of nitrogens with one attached hydrogen (secondary N) is 1. The van der Waals surface area contributed by atoms with Crippen molar-refractivity contribution in [1.29, 1.82) is 0 Å². The molecule has 1 heterocycles. The molecule has 0 bridgehead atoms. The van der Waals surface area contributed by atoms with Gasteiger partial charge in [-0.25, -0.2) is 0 Å². The summed E-state index contributed by atoms with van der Waals surface area (Å²) in [5.74, 6) is 0.817. The number of aryl methyl sites for hydroxylation is 1. The van der Waals surface area contributed by atoms with Gasteiger partial charge in [0, 0.05) is 5.69 Å². The number of nitrogens with zero attached hydrogens (tertiary/aromatic N) is 1. The number of benzene rings is 3. The van der Waals surface area contributed by atoms with Crippen LogP contribution in [0.1, 0.15) is 5.56 Å². The van der Waals surface area contributed by atoms with Gasteiger partial charge >= 0.3 is 0 Å². The predicted octanol–water partition coefficient (Wildman–Crippen LogP) is 2.29. The Morgan fingerprint density at radius 3 is 2.46 bits per heavy atom. The van der Waals surface area contributed by atoms with E-state index in [0.717, 1.165) is 43.9 Å². The number of hydrogen-bond acceptors (Lipinski definition) is 3. The van der Waals surface area contributed by atoms with Gasteiger partial charge in [0.15, 0.2) is 0 Å². The highest BCUT2D eigenvalue weighted by Crippen LogP contribution is 2.21. The zero-order chi connectivity index (χ0) is 19.3. The van der Waals surface area contributed by atoms with Gasteiger partial charge in [-0.3, -0.25) is 0 Å². The highest BCUT2D eigenvalue weighted by atomic mass is 16.5. The molecule has 0 unspecified atom stereocenters. The lowest BCUT2D eigenvalue weighted by molar-refractivity contribution is -0.903. The van der Waals surface area contributed by atoms with Crippen LogP contribution >= 0.6 is 0 Å². The van der Waals surface area contributed by atoms with Crippen molar-refractivity contribution in [3.63, 3.8) is 0 Å². The van der Waals surface area contributed by atoms with E-state index in [0.29, 0.717) is 6.61 Å². The van der Waals surface area contributed by atoms with E-state index in [9.17, 15) is 5.11 Å². The molecule has 146 valence electrons. The largest absolute Gasteiger partial charge is 0.491 e. The summed E-state index contributed by atoms with van der Waals surface area (Å²) in [5, 5.41) is 12.8. The first-order valence-corrected chi connectivity index (χ1v) is 10.1. The summed E-state index contributed by atoms with van der Waals surface area (Å²) in [4.78, 5) is 3.90. The average molecular weight is 378 g/mol. The molecule has 3 aromatic rings. The minimum absolute atomic E-state index is 0.337. The first-order chi connectivity index (χ1) is 13.7. The van der Waals surface area contributed by atoms with E-state index < -0.39 is 6.10 Å². The quantitative estimate of drug-likeness (QED) is 0.692. The molecule has 1 saturated heterocycles. The van der Waals surface area contributed by atoms with Crippen LogP contribution in [0.25, 0.3) is 10.8 Å². The maximum atomic E-state index is 10.4. The van der Waals surface area contributed by atoms with Crippen molar-refractivity contribution in [2.45, 2.75) is 13.0 Å². The van der Waals surface area contributed by atoms with Gasteiger partial charge in [-0.05, 0) is 41.5 Å². The summed E-state index contributed by atoms with van der Waals surface area (Å²) >= 11 is 0. The van der Waals surface area contributed by atoms with E-state index >= 15 is 0 Å². The second-order valence-corrected chi connectivity index (χ2v) is 7.70. The third-order valence-corrected chi connectivity index (χ3v) is 5.61. The second kappa shape index (κ2) is 8.63. The summed E-state index contributed by atoms with van der Waals surface area (Å²) in [6, 6.07) is 22.9. The third kappa shape index (κ3) is 4.46. The maximum absolute atomic E-state index is 10.4. The number of aliphatic hydroxyl groups excluding tert-OH is 1. The van der Waals surface area contributed by atoms with Crippen molar-refractivity contribution in [2.24, 2.45) is 0 Å². The van der Waals surface area contributed by atoms with Crippen molar-refractivity contribution in [3.05, 3.63) is 72.3 Å². The van der Waals surface area contributed by atoms with Crippen molar-refractivity contribution in [3.8, 4) is 5.75 Å². The minimum atomic E-state index is -0.452. The summed E-state index contributed by atoms with van der Waals surface area (Å²) < 4.78 is 5.85. The minimum Gasteiger partial charge on any atom is -0.491 e. The molecular formula is C24H29N2O2+. The van der Waals surface area contributed by atoms with Crippen molar-refractivity contribution >= 4 is 16.5 Å². The van der Waals surface area contributed by atoms with Gasteiger partial charge in [0.2, 0.25) is 0 Å². The van der Waals surface area contributed by atoms with Crippen LogP contribution in [0.5, 0.6) is 5.75 Å². The van der Waals surface area contributed by atoms with Gasteiger partial charge < -0.3 is 19.6 Å². The van der Waals surface area contributed by atoms with Crippen LogP contribution in [-0.4, -0.2) is 50.5 Å². The molecule has 0 saturated carbocycles. The van der Waals surface area contributed by atoms with E-state index in [-0.39, 0.29) is 0 Å². The number of fused-ring (bicyclic) bond motifs is 1. The average Bonchev–Trinajstić information content (AvgIpc) is 2.73. The highest BCUT2D eigenvalue weighted by Gasteiger charge is 2.23. The van der Waals surface area contributed by atoms with Gasteiger partial charge in [0.1, 0.15) is 25.0 Å². The first-order valence-electron chi connectivity index (χ1n) is 10.1. The zero-order valence-electron chi connectivity index (χ0n) is 16.5. The summed E-state index contributed by atoms with van der Waals surface area (Å²) in [5.41, 5.74) is 2.66. The number of ether oxygens (including phenoxy) is 1. The Morgan fingerprint density at radius 1 is 0.964 bits per heavy atom. The molecule has 28 heavy (non-hydrogen) atoms. The van der Waals surface area contributed by atoms with Gasteiger partial charge in [-0.15, -0.1) is 0 Å². The Balaban J connectivity index is 1.25. The number of aliphatic hydroxyl groups is 1. The Labute approximate surface area is 167 Å². The van der Waals surface area contributed by atoms with Crippen molar-refractivity contribution in [2.75, 3.05) is 44.2 Å². The summed E-state index contributed by atoms with van der Waals surface area (Å²) in [6.07, 6.45) is -0.452. The topological polar surface area (TPSA) is 37.1 Å². The fourth-order valence-corrected chi connectivity index (χ4v) is 4.03. The molecule has 0 spiro atoms. The van der Waals surface area contributed by atoms with E-state index in [1.165, 1.54) is 21.5 Å². The Bertz CT molecular complexity index is 919. The molecule has 1 aliphatic heterocycles. The Hall–Kier alpha value is -2.56. The zero-order valence-corrected chi connectivity index (χ0v) is 16.5. The van der Waals surface area contributed by atoms with Crippen molar-refractivity contribution < 1.29 is 14.7 Å². The fraction of sp³-hybridized carbons (Fsp3) is 0.333. The molecule has 0 aliphatic carbocycles. The number of piperazine rings is 1. The van der Waals surface area contributed by atoms with Crippen LogP contribution in [0.4, 0.5) is 5.69 Å². The molecule has 0 radical (unpaired) electrons. The van der Waals surface area contributed by atoms with Crippen LogP contribution in [0.3, 0.4) is 0 Å². The molecule has 3 aromatic carbocycles. The van der Waals surface area contributed by atoms with E-state index in [2.05, 4.69) is 54.3 Å². The first kappa shape index (κ1) is 18.8. The molecule has 2 N–H and O–H groups in total. The van der Waals surface area contributed by atoms with E-state index in [1.807, 2.05) is 24.3 Å². The lowest BCUT2D eigenvalue weighted by Gasteiger charge is -2.35. The number of hydrogen-bond donors (Lipinski definition) is 2. The summed E-state index contributed by atoms with van der Waals surface area (Å²) in [6.45, 7) is 7.38. The van der Waals surface area contributed by atoms with Crippen LogP contribution in [0.15, 0.2) is 66.7 Å². The Morgan fingerprint density at radius 2 is 1.68 bits per heavy atom. The van der Waals surface area contributed by atoms with Gasteiger partial charge in [0.25, 0.3) is 0 Å². The maximum Gasteiger partial charge on any atom is 0.137 e. The van der Waals surface area contributed by atoms with Crippen LogP contribution < -0.4 is 14.5 Å². The molecule has 1 atom stereocenters. The number of quaternary nitrogens is 1. The van der Waals surface area contributed by atoms with Crippen molar-refractivity contribution in [1.82, 2.24) is 0 Å². The smallest absolute Gasteiger partial charge is 0.137 e. The second-order valence-electron chi connectivity index (χ2n) is 7.70. The molecule has 4 rings (SSSR count). The monoisotopic (exact) mass is 377 g/mol. The number of anilines is 1. The van der Waals surface area contributed by atoms with Gasteiger partial charge in [-0.1, -0.05) is 48.5 Å². The Kier molecular flexibility index (Phi) is 5.79. The van der Waals surface area contributed by atoms with Gasteiger partial charge in [-0.2, -0.15) is 0 Å². The highest BCUT2D eigenvalue weighted by molar-refractivity contribution is 5.83. The molecule has 0 amide bonds. The van der Waals surface area contributed by atoms with E-state index in [4.69, 9.17) is 4.74 Å². The molecule has 4 nitrogen and oxygen atoms in total. The molecule has 4 heteroatoms. The SMILES string of the molecule is Cc1ccccc1N1CC[NH+](C[C@H](O)COc2ccc3ccccc3c2)CC1. The fourth-order valence-electron chi connectivity index (χ4n) is 4.03. The standard InChI is InChI=1S/C24H28N2O2/c1-19-6-2-5-9-24(19)26-14-12-25(13-15-26)17-22(27)18-28-23-11-10-20-7-3-4-8-21(20)16-23/h2-11,16,22,27H,12-15,17-18H2,1H3/p+1/t22-/m0/s1. The molecule has 0 aromatic heterocycles. The molecule has 1 fully saturated rings. The van der Waals surface area contributed by atoms with Crippen LogP contribution in [0.2, 0.25) is 0 Å². The predicted molar refractivity (Wildman–Crippen MR) is 114 cm³/mol. The number of rotatable bonds is 6. The third-order valence-electron chi connectivity index (χ3n) is 5.61. The van der Waals surface area contributed by atoms with Crippen LogP contribution in [-0.2, 0) is 0 Å². The lowest BCUT2D eigenvalue weighted by Crippen LogP contribution is -3.16. The lowest BCUT2D eigenvalue weighted by atomic mass is 10.1. The number of para-hydroxylation sites is 1. The van der Waals surface area contributed by atoms with E-state index in [1.54, 1.807) is 0 Å². The molecule has 1 aliphatic rings. The normalized spacial score (nSPS) is 16.3. The molecular weight excluding hydrogens is 348 g/mol.